The molecule has 158 valence electrons. The van der Waals surface area contributed by atoms with Gasteiger partial charge in [0.2, 0.25) is 5.91 Å². The predicted octanol–water partition coefficient (Wildman–Crippen LogP) is 4.40. The first kappa shape index (κ1) is 21.1. The monoisotopic (exact) mass is 458 g/mol. The van der Waals surface area contributed by atoms with Gasteiger partial charge in [-0.1, -0.05) is 11.8 Å². The number of benzene rings is 1. The van der Waals surface area contributed by atoms with Crippen LogP contribution in [-0.2, 0) is 11.8 Å². The van der Waals surface area contributed by atoms with E-state index in [-0.39, 0.29) is 5.91 Å². The number of carbonyl (C=O) groups is 1. The van der Waals surface area contributed by atoms with E-state index in [0.29, 0.717) is 27.4 Å². The molecule has 1 amide bonds. The maximum atomic E-state index is 13.4. The smallest absolute Gasteiger partial charge is 0.239 e. The largest absolute Gasteiger partial charge is 0.305 e. The summed E-state index contributed by atoms with van der Waals surface area (Å²) in [6.07, 6.45) is 3.38. The molecule has 0 radical (unpaired) electrons. The average molecular weight is 459 g/mol. The lowest BCUT2D eigenvalue weighted by Crippen LogP contribution is -2.22. The molecule has 11 heteroatoms. The Labute approximate surface area is 184 Å². The molecule has 0 saturated carbocycles. The second-order valence-electron chi connectivity index (χ2n) is 6.52. The van der Waals surface area contributed by atoms with E-state index in [0.717, 1.165) is 17.7 Å². The van der Waals surface area contributed by atoms with Crippen LogP contribution < -0.4 is 5.32 Å². The van der Waals surface area contributed by atoms with Crippen LogP contribution in [0.4, 0.5) is 13.9 Å². The topological polar surface area (TPSA) is 85.6 Å². The summed E-state index contributed by atoms with van der Waals surface area (Å²) < 4.78 is 28.4. The Morgan fingerprint density at radius 3 is 2.77 bits per heavy atom. The van der Waals surface area contributed by atoms with Gasteiger partial charge >= 0.3 is 0 Å². The summed E-state index contributed by atoms with van der Waals surface area (Å²) in [5.74, 6) is -1.48. The van der Waals surface area contributed by atoms with Crippen LogP contribution >= 0.6 is 23.1 Å². The number of halogens is 2. The highest BCUT2D eigenvalue weighted by atomic mass is 32.2. The summed E-state index contributed by atoms with van der Waals surface area (Å²) in [6.45, 7) is 1.75. The molecule has 31 heavy (non-hydrogen) atoms. The minimum absolute atomic E-state index is 0.262. The second-order valence-corrected chi connectivity index (χ2v) is 8.69. The first-order valence-electron chi connectivity index (χ1n) is 9.10. The van der Waals surface area contributed by atoms with Crippen molar-refractivity contribution in [3.05, 3.63) is 59.7 Å². The van der Waals surface area contributed by atoms with Crippen LogP contribution in [0.25, 0.3) is 22.6 Å². The molecule has 3 heterocycles. The maximum absolute atomic E-state index is 13.4. The Morgan fingerprint density at radius 1 is 1.19 bits per heavy atom. The molecule has 3 aromatic heterocycles. The molecule has 0 aliphatic carbocycles. The van der Waals surface area contributed by atoms with Gasteiger partial charge in [-0.15, -0.1) is 21.5 Å². The number of aromatic nitrogens is 5. The standard InChI is InChI=1S/C20H16F2N6OS2/c1-11(31-20-27-26-17(28(20)2)13-4-3-7-23-9-13)18(29)25-19-24-16(10-30-19)12-5-6-14(21)15(22)8-12/h3-11H,1-2H3,(H,24,25,29). The number of thiazole rings is 1. The normalized spacial score (nSPS) is 12.0. The van der Waals surface area contributed by atoms with E-state index in [2.05, 4.69) is 25.5 Å². The number of amides is 1. The number of nitrogens with one attached hydrogen (secondary N) is 1. The molecular formula is C20H16F2N6OS2. The highest BCUT2D eigenvalue weighted by molar-refractivity contribution is 8.00. The van der Waals surface area contributed by atoms with Crippen LogP contribution in [0.15, 0.2) is 53.3 Å². The third-order valence-electron chi connectivity index (χ3n) is 4.36. The van der Waals surface area contributed by atoms with Crippen molar-refractivity contribution in [2.75, 3.05) is 5.32 Å². The average Bonchev–Trinajstić information content (AvgIpc) is 3.38. The SMILES string of the molecule is CC(Sc1nnc(-c2cccnc2)n1C)C(=O)Nc1nc(-c2ccc(F)c(F)c2)cs1. The Kier molecular flexibility index (Phi) is 6.05. The quantitative estimate of drug-likeness (QED) is 0.431. The molecule has 0 fully saturated rings. The minimum atomic E-state index is -0.949. The van der Waals surface area contributed by atoms with E-state index < -0.39 is 16.9 Å². The molecule has 1 N–H and O–H groups in total. The van der Waals surface area contributed by atoms with Gasteiger partial charge in [-0.2, -0.15) is 0 Å². The number of rotatable bonds is 6. The fraction of sp³-hybridized carbons (Fsp3) is 0.150. The molecule has 1 unspecified atom stereocenters. The summed E-state index contributed by atoms with van der Waals surface area (Å²) in [7, 11) is 1.82. The zero-order valence-corrected chi connectivity index (χ0v) is 18.0. The van der Waals surface area contributed by atoms with Gasteiger partial charge in [0.25, 0.3) is 0 Å². The molecule has 0 bridgehead atoms. The first-order chi connectivity index (χ1) is 14.9. The Bertz CT molecular complexity index is 1230. The number of anilines is 1. The summed E-state index contributed by atoms with van der Waals surface area (Å²) in [5.41, 5.74) is 1.71. The van der Waals surface area contributed by atoms with Crippen LogP contribution in [0.1, 0.15) is 6.92 Å². The number of thioether (sulfide) groups is 1. The lowest BCUT2D eigenvalue weighted by atomic mass is 10.2. The van der Waals surface area contributed by atoms with E-state index in [1.807, 2.05) is 19.2 Å². The van der Waals surface area contributed by atoms with Gasteiger partial charge in [0.1, 0.15) is 0 Å². The number of carbonyl (C=O) groups excluding carboxylic acids is 1. The summed E-state index contributed by atoms with van der Waals surface area (Å²) >= 11 is 2.46. The molecule has 4 aromatic rings. The van der Waals surface area contributed by atoms with Crippen LogP contribution in [-0.4, -0.2) is 35.9 Å². The molecule has 0 spiro atoms. The first-order valence-corrected chi connectivity index (χ1v) is 10.9. The van der Waals surface area contributed by atoms with Gasteiger partial charge < -0.3 is 9.88 Å². The third-order valence-corrected chi connectivity index (χ3v) is 6.25. The van der Waals surface area contributed by atoms with Crippen LogP contribution in [0, 0.1) is 11.6 Å². The molecule has 4 rings (SSSR count). The number of pyridine rings is 1. The Balaban J connectivity index is 1.42. The highest BCUT2D eigenvalue weighted by Crippen LogP contribution is 2.28. The van der Waals surface area contributed by atoms with E-state index in [9.17, 15) is 13.6 Å². The molecule has 0 saturated heterocycles. The Morgan fingerprint density at radius 2 is 2.03 bits per heavy atom. The molecule has 1 atom stereocenters. The summed E-state index contributed by atoms with van der Waals surface area (Å²) in [6, 6.07) is 7.25. The van der Waals surface area contributed by atoms with Crippen LogP contribution in [0.2, 0.25) is 0 Å². The number of nitrogens with zero attached hydrogens (tertiary/aromatic N) is 5. The van der Waals surface area contributed by atoms with Gasteiger partial charge in [0.15, 0.2) is 27.7 Å². The zero-order chi connectivity index (χ0) is 22.0. The summed E-state index contributed by atoms with van der Waals surface area (Å²) in [5, 5.41) is 13.3. The number of hydrogen-bond donors (Lipinski definition) is 1. The van der Waals surface area contributed by atoms with Gasteiger partial charge in [0.05, 0.1) is 10.9 Å². The third kappa shape index (κ3) is 4.62. The van der Waals surface area contributed by atoms with Gasteiger partial charge in [0, 0.05) is 35.9 Å². The van der Waals surface area contributed by atoms with Crippen molar-refractivity contribution < 1.29 is 13.6 Å². The van der Waals surface area contributed by atoms with E-state index in [1.54, 1.807) is 29.3 Å². The highest BCUT2D eigenvalue weighted by Gasteiger charge is 2.20. The summed E-state index contributed by atoms with van der Waals surface area (Å²) in [4.78, 5) is 21.0. The maximum Gasteiger partial charge on any atom is 0.239 e. The van der Waals surface area contributed by atoms with Crippen LogP contribution in [0.5, 0.6) is 0 Å². The van der Waals surface area contributed by atoms with Crippen molar-refractivity contribution >= 4 is 34.1 Å². The van der Waals surface area contributed by atoms with Gasteiger partial charge in [-0.25, -0.2) is 13.8 Å². The van der Waals surface area contributed by atoms with Crippen LogP contribution in [0.3, 0.4) is 0 Å². The lowest BCUT2D eigenvalue weighted by molar-refractivity contribution is -0.115. The fourth-order valence-electron chi connectivity index (χ4n) is 2.70. The molecule has 0 aliphatic heterocycles. The van der Waals surface area contributed by atoms with Gasteiger partial charge in [-0.05, 0) is 37.3 Å². The van der Waals surface area contributed by atoms with E-state index in [1.165, 1.54) is 29.2 Å². The molecular weight excluding hydrogens is 442 g/mol. The van der Waals surface area contributed by atoms with Crippen molar-refractivity contribution in [1.82, 2.24) is 24.7 Å². The minimum Gasteiger partial charge on any atom is -0.305 e. The number of hydrogen-bond acceptors (Lipinski definition) is 7. The lowest BCUT2D eigenvalue weighted by Gasteiger charge is -2.10. The second kappa shape index (κ2) is 8.90. The molecule has 0 aliphatic rings. The van der Waals surface area contributed by atoms with Crippen molar-refractivity contribution in [3.8, 4) is 22.6 Å². The molecule has 1 aromatic carbocycles. The van der Waals surface area contributed by atoms with Crippen molar-refractivity contribution in [2.24, 2.45) is 7.05 Å². The van der Waals surface area contributed by atoms with E-state index in [4.69, 9.17) is 0 Å². The van der Waals surface area contributed by atoms with Crippen molar-refractivity contribution in [2.45, 2.75) is 17.3 Å². The zero-order valence-electron chi connectivity index (χ0n) is 16.4. The van der Waals surface area contributed by atoms with E-state index >= 15 is 0 Å². The fourth-order valence-corrected chi connectivity index (χ4v) is 4.24. The van der Waals surface area contributed by atoms with Crippen molar-refractivity contribution in [3.63, 3.8) is 0 Å². The predicted molar refractivity (Wildman–Crippen MR) is 116 cm³/mol. The van der Waals surface area contributed by atoms with Crippen molar-refractivity contribution in [1.29, 1.82) is 0 Å². The molecule has 7 nitrogen and oxygen atoms in total. The van der Waals surface area contributed by atoms with Gasteiger partial charge in [-0.3, -0.25) is 9.78 Å². The Hall–Kier alpha value is -3.18.